The lowest BCUT2D eigenvalue weighted by atomic mass is 9.82. The molecule has 0 bridgehead atoms. The SMILES string of the molecule is CC1(C)c2ccccc2-c2ccc(N(c3ccc(-c4ccccc4)cc3)c3ccc(-c4ccccc4-c4ccc(C5CCCCC5)cc4)cc3)cc21. The molecule has 0 unspecified atom stereocenters. The largest absolute Gasteiger partial charge is 0.310 e. The average Bonchev–Trinajstić information content (AvgIpc) is 3.45. The summed E-state index contributed by atoms with van der Waals surface area (Å²) in [4.78, 5) is 2.41. The summed E-state index contributed by atoms with van der Waals surface area (Å²) in [6.45, 7) is 4.71. The summed E-state index contributed by atoms with van der Waals surface area (Å²) in [7, 11) is 0. The summed E-state index contributed by atoms with van der Waals surface area (Å²) in [5, 5.41) is 0. The van der Waals surface area contributed by atoms with Crippen LogP contribution in [0.1, 0.15) is 68.6 Å². The third-order valence-electron chi connectivity index (χ3n) is 11.7. The monoisotopic (exact) mass is 671 g/mol. The zero-order valence-corrected chi connectivity index (χ0v) is 30.2. The van der Waals surface area contributed by atoms with Crippen molar-refractivity contribution >= 4 is 17.1 Å². The molecule has 1 heteroatoms. The molecule has 0 saturated heterocycles. The fourth-order valence-electron chi connectivity index (χ4n) is 8.86. The van der Waals surface area contributed by atoms with Gasteiger partial charge in [0, 0.05) is 22.5 Å². The van der Waals surface area contributed by atoms with Crippen LogP contribution >= 0.6 is 0 Å². The highest BCUT2D eigenvalue weighted by atomic mass is 15.1. The molecule has 1 nitrogen and oxygen atoms in total. The molecule has 0 amide bonds. The van der Waals surface area contributed by atoms with Crippen molar-refractivity contribution in [3.63, 3.8) is 0 Å². The normalized spacial score (nSPS) is 14.8. The van der Waals surface area contributed by atoms with Crippen molar-refractivity contribution < 1.29 is 0 Å². The number of rotatable bonds is 7. The Morgan fingerprint density at radius 3 is 1.52 bits per heavy atom. The molecule has 254 valence electrons. The predicted molar refractivity (Wildman–Crippen MR) is 221 cm³/mol. The van der Waals surface area contributed by atoms with E-state index in [0.717, 1.165) is 17.3 Å². The van der Waals surface area contributed by atoms with Gasteiger partial charge in [-0.3, -0.25) is 0 Å². The number of hydrogen-bond donors (Lipinski definition) is 0. The topological polar surface area (TPSA) is 3.24 Å². The van der Waals surface area contributed by atoms with Gasteiger partial charge < -0.3 is 4.90 Å². The molecule has 2 aliphatic carbocycles. The van der Waals surface area contributed by atoms with Gasteiger partial charge in [-0.15, -0.1) is 0 Å². The van der Waals surface area contributed by atoms with E-state index in [9.17, 15) is 0 Å². The second-order valence-electron chi connectivity index (χ2n) is 15.2. The second kappa shape index (κ2) is 13.5. The first-order valence-electron chi connectivity index (χ1n) is 19.0. The molecule has 7 aromatic rings. The molecule has 7 aromatic carbocycles. The zero-order valence-electron chi connectivity index (χ0n) is 30.2. The summed E-state index contributed by atoms with van der Waals surface area (Å²) >= 11 is 0. The van der Waals surface area contributed by atoms with Crippen molar-refractivity contribution in [1.29, 1.82) is 0 Å². The lowest BCUT2D eigenvalue weighted by Gasteiger charge is -2.28. The van der Waals surface area contributed by atoms with E-state index in [1.807, 2.05) is 0 Å². The Morgan fingerprint density at radius 2 is 0.885 bits per heavy atom. The maximum absolute atomic E-state index is 2.42. The van der Waals surface area contributed by atoms with Crippen LogP contribution in [0.3, 0.4) is 0 Å². The number of anilines is 3. The maximum Gasteiger partial charge on any atom is 0.0465 e. The van der Waals surface area contributed by atoms with Crippen LogP contribution < -0.4 is 4.90 Å². The molecule has 0 atom stereocenters. The van der Waals surface area contributed by atoms with Crippen LogP contribution in [0, 0.1) is 0 Å². The van der Waals surface area contributed by atoms with Crippen molar-refractivity contribution in [3.8, 4) is 44.5 Å². The molecule has 1 fully saturated rings. The van der Waals surface area contributed by atoms with Gasteiger partial charge in [-0.25, -0.2) is 0 Å². The van der Waals surface area contributed by atoms with E-state index in [1.165, 1.54) is 99.0 Å². The highest BCUT2D eigenvalue weighted by Crippen LogP contribution is 2.50. The third kappa shape index (κ3) is 5.85. The molecule has 0 spiro atoms. The maximum atomic E-state index is 2.42. The lowest BCUT2D eigenvalue weighted by molar-refractivity contribution is 0.443. The Hall–Kier alpha value is -5.66. The van der Waals surface area contributed by atoms with E-state index in [4.69, 9.17) is 0 Å². The first-order chi connectivity index (χ1) is 25.5. The highest BCUT2D eigenvalue weighted by molar-refractivity contribution is 5.88. The lowest BCUT2D eigenvalue weighted by Crippen LogP contribution is -2.16. The van der Waals surface area contributed by atoms with Crippen molar-refractivity contribution in [3.05, 3.63) is 187 Å². The van der Waals surface area contributed by atoms with E-state index >= 15 is 0 Å². The van der Waals surface area contributed by atoms with Crippen LogP contribution in [0.2, 0.25) is 0 Å². The van der Waals surface area contributed by atoms with Crippen molar-refractivity contribution in [2.24, 2.45) is 0 Å². The summed E-state index contributed by atoms with van der Waals surface area (Å²) < 4.78 is 0. The van der Waals surface area contributed by atoms with E-state index < -0.39 is 0 Å². The van der Waals surface area contributed by atoms with Crippen LogP contribution in [0.5, 0.6) is 0 Å². The van der Waals surface area contributed by atoms with Gasteiger partial charge >= 0.3 is 0 Å². The Bertz CT molecular complexity index is 2320. The van der Waals surface area contributed by atoms with Crippen LogP contribution in [0.25, 0.3) is 44.5 Å². The molecular weight excluding hydrogens is 627 g/mol. The molecule has 0 N–H and O–H groups in total. The summed E-state index contributed by atoms with van der Waals surface area (Å²) in [6, 6.07) is 63.0. The van der Waals surface area contributed by atoms with Crippen molar-refractivity contribution in [2.75, 3.05) is 4.90 Å². The van der Waals surface area contributed by atoms with Gasteiger partial charge in [0.25, 0.3) is 0 Å². The number of benzene rings is 7. The standard InChI is InChI=1S/C51H45N/c1-51(2)49-20-12-11-19-47(49)48-34-33-44(35-50(48)51)52(42-29-25-39(26-30-42)37-15-7-4-8-16-37)43-31-27-41(28-32-43)46-18-10-9-17-45(46)40-23-21-38(22-24-40)36-13-5-3-6-14-36/h4,7-12,15-36H,3,5-6,13-14H2,1-2H3. The van der Waals surface area contributed by atoms with E-state index in [2.05, 4.69) is 189 Å². The number of hydrogen-bond acceptors (Lipinski definition) is 1. The van der Waals surface area contributed by atoms with Crippen LogP contribution in [0.15, 0.2) is 170 Å². The average molecular weight is 672 g/mol. The Morgan fingerprint density at radius 1 is 0.404 bits per heavy atom. The molecule has 0 aromatic heterocycles. The van der Waals surface area contributed by atoms with Crippen molar-refractivity contribution in [2.45, 2.75) is 57.3 Å². The molecule has 0 aliphatic heterocycles. The Kier molecular flexibility index (Phi) is 8.36. The molecule has 1 saturated carbocycles. The van der Waals surface area contributed by atoms with E-state index in [1.54, 1.807) is 0 Å². The van der Waals surface area contributed by atoms with E-state index in [-0.39, 0.29) is 5.41 Å². The van der Waals surface area contributed by atoms with Crippen molar-refractivity contribution in [1.82, 2.24) is 0 Å². The van der Waals surface area contributed by atoms with Gasteiger partial charge in [0.15, 0.2) is 0 Å². The second-order valence-corrected chi connectivity index (χ2v) is 15.2. The fraction of sp³-hybridized carbons (Fsp3) is 0.176. The molecule has 9 rings (SSSR count). The molecule has 52 heavy (non-hydrogen) atoms. The Balaban J connectivity index is 1.09. The van der Waals surface area contributed by atoms with Crippen LogP contribution in [0.4, 0.5) is 17.1 Å². The Labute approximate surface area is 309 Å². The van der Waals surface area contributed by atoms with Gasteiger partial charge in [-0.1, -0.05) is 167 Å². The van der Waals surface area contributed by atoms with E-state index in [0.29, 0.717) is 0 Å². The quantitative estimate of drug-likeness (QED) is 0.163. The number of nitrogens with zero attached hydrogens (tertiary/aromatic N) is 1. The number of fused-ring (bicyclic) bond motifs is 3. The third-order valence-corrected chi connectivity index (χ3v) is 11.7. The molecule has 0 radical (unpaired) electrons. The smallest absolute Gasteiger partial charge is 0.0465 e. The van der Waals surface area contributed by atoms with Gasteiger partial charge in [0.1, 0.15) is 0 Å². The minimum Gasteiger partial charge on any atom is -0.310 e. The summed E-state index contributed by atoms with van der Waals surface area (Å²) in [5.41, 5.74) is 17.8. The fourth-order valence-corrected chi connectivity index (χ4v) is 8.86. The van der Waals surface area contributed by atoms with Gasteiger partial charge in [-0.2, -0.15) is 0 Å². The molecule has 2 aliphatic rings. The van der Waals surface area contributed by atoms with Crippen LogP contribution in [-0.2, 0) is 5.41 Å². The zero-order chi connectivity index (χ0) is 35.1. The predicted octanol–water partition coefficient (Wildman–Crippen LogP) is 14.5. The van der Waals surface area contributed by atoms with Gasteiger partial charge in [-0.05, 0) is 116 Å². The first kappa shape index (κ1) is 32.3. The minimum absolute atomic E-state index is 0.0764. The minimum atomic E-state index is -0.0764. The first-order valence-corrected chi connectivity index (χ1v) is 19.0. The molecule has 0 heterocycles. The van der Waals surface area contributed by atoms with Gasteiger partial charge in [0.05, 0.1) is 0 Å². The highest BCUT2D eigenvalue weighted by Gasteiger charge is 2.35. The van der Waals surface area contributed by atoms with Crippen LogP contribution in [-0.4, -0.2) is 0 Å². The summed E-state index contributed by atoms with van der Waals surface area (Å²) in [5.74, 6) is 0.718. The summed E-state index contributed by atoms with van der Waals surface area (Å²) in [6.07, 6.45) is 6.76. The van der Waals surface area contributed by atoms with Gasteiger partial charge in [0.2, 0.25) is 0 Å². The molecular formula is C51H45N.